The van der Waals surface area contributed by atoms with Crippen molar-refractivity contribution in [1.82, 2.24) is 24.6 Å². The van der Waals surface area contributed by atoms with Crippen molar-refractivity contribution in [1.29, 1.82) is 0 Å². The fraction of sp³-hybridized carbons (Fsp3) is 0.500. The van der Waals surface area contributed by atoms with E-state index in [0.29, 0.717) is 11.8 Å². The summed E-state index contributed by atoms with van der Waals surface area (Å²) in [6.45, 7) is 10.7. The first-order valence-electron chi connectivity index (χ1n) is 11.9. The van der Waals surface area contributed by atoms with Crippen LogP contribution in [0.4, 0.5) is 0 Å². The Bertz CT molecular complexity index is 1140. The Balaban J connectivity index is 1.30. The highest BCUT2D eigenvalue weighted by molar-refractivity contribution is 6.06. The maximum absolute atomic E-state index is 13.6. The predicted octanol–water partition coefficient (Wildman–Crippen LogP) is 4.24. The summed E-state index contributed by atoms with van der Waals surface area (Å²) in [7, 11) is 1.92. The minimum absolute atomic E-state index is 0.122. The van der Waals surface area contributed by atoms with E-state index in [2.05, 4.69) is 48.1 Å². The van der Waals surface area contributed by atoms with Gasteiger partial charge in [-0.1, -0.05) is 38.1 Å². The summed E-state index contributed by atoms with van der Waals surface area (Å²) in [6, 6.07) is 11.0. The number of rotatable bonds is 5. The van der Waals surface area contributed by atoms with Gasteiger partial charge in [0.1, 0.15) is 0 Å². The van der Waals surface area contributed by atoms with E-state index in [1.165, 1.54) is 24.0 Å². The first kappa shape index (κ1) is 21.1. The minimum atomic E-state index is 0.122. The number of benzene rings is 1. The molecule has 2 aromatic heterocycles. The molecule has 2 aliphatic rings. The van der Waals surface area contributed by atoms with Gasteiger partial charge < -0.3 is 4.90 Å². The average Bonchev–Trinajstić information content (AvgIpc) is 3.60. The molecule has 5 rings (SSSR count). The summed E-state index contributed by atoms with van der Waals surface area (Å²) >= 11 is 0. The standard InChI is InChI=1S/C26H33N5O/c1-17(2)20-7-5-19(6-8-20)16-30-11-13-31(14-12-30)26(32)22-15-23(21-9-10-21)27-25-24(22)18(3)28-29(25)4/h5-8,15,17,21H,9-14,16H2,1-4H3. The van der Waals surface area contributed by atoms with Gasteiger partial charge in [-0.25, -0.2) is 4.98 Å². The van der Waals surface area contributed by atoms with Crippen LogP contribution in [0, 0.1) is 6.92 Å². The number of nitrogens with zero attached hydrogens (tertiary/aromatic N) is 5. The Kier molecular flexibility index (Phi) is 5.49. The van der Waals surface area contributed by atoms with Gasteiger partial charge in [-0.2, -0.15) is 5.10 Å². The molecule has 0 N–H and O–H groups in total. The van der Waals surface area contributed by atoms with Crippen molar-refractivity contribution in [3.8, 4) is 0 Å². The van der Waals surface area contributed by atoms with Gasteiger partial charge in [0.2, 0.25) is 0 Å². The van der Waals surface area contributed by atoms with Gasteiger partial charge in [0.25, 0.3) is 5.91 Å². The van der Waals surface area contributed by atoms with Crippen molar-refractivity contribution in [2.24, 2.45) is 7.05 Å². The van der Waals surface area contributed by atoms with Crippen LogP contribution in [0.15, 0.2) is 30.3 Å². The number of aryl methyl sites for hydroxylation is 2. The third kappa shape index (κ3) is 4.04. The van der Waals surface area contributed by atoms with Gasteiger partial charge in [-0.3, -0.25) is 14.4 Å². The number of piperazine rings is 1. The molecule has 32 heavy (non-hydrogen) atoms. The summed E-state index contributed by atoms with van der Waals surface area (Å²) in [5.41, 5.74) is 6.25. The van der Waals surface area contributed by atoms with E-state index < -0.39 is 0 Å². The first-order valence-corrected chi connectivity index (χ1v) is 11.9. The molecule has 0 radical (unpaired) electrons. The summed E-state index contributed by atoms with van der Waals surface area (Å²) < 4.78 is 1.82. The number of carbonyl (C=O) groups is 1. The number of pyridine rings is 1. The highest BCUT2D eigenvalue weighted by Gasteiger charge is 2.30. The fourth-order valence-electron chi connectivity index (χ4n) is 4.77. The Labute approximate surface area is 190 Å². The SMILES string of the molecule is Cc1nn(C)c2nc(C3CC3)cc(C(=O)N3CCN(Cc4ccc(C(C)C)cc4)CC3)c12. The third-order valence-electron chi connectivity index (χ3n) is 6.93. The molecule has 6 heteroatoms. The van der Waals surface area contributed by atoms with Gasteiger partial charge in [-0.05, 0) is 42.9 Å². The van der Waals surface area contributed by atoms with Crippen molar-refractivity contribution < 1.29 is 4.79 Å². The lowest BCUT2D eigenvalue weighted by Gasteiger charge is -2.35. The average molecular weight is 432 g/mol. The van der Waals surface area contributed by atoms with Gasteiger partial charge in [0.05, 0.1) is 16.6 Å². The minimum Gasteiger partial charge on any atom is -0.336 e. The molecular formula is C26H33N5O. The van der Waals surface area contributed by atoms with Crippen LogP contribution in [0.3, 0.4) is 0 Å². The van der Waals surface area contributed by atoms with Crippen LogP contribution in [0.2, 0.25) is 0 Å². The number of hydrogen-bond donors (Lipinski definition) is 0. The van der Waals surface area contributed by atoms with Crippen LogP contribution in [-0.4, -0.2) is 56.7 Å². The molecule has 3 heterocycles. The number of amides is 1. The van der Waals surface area contributed by atoms with Gasteiger partial charge in [-0.15, -0.1) is 0 Å². The fourth-order valence-corrected chi connectivity index (χ4v) is 4.77. The summed E-state index contributed by atoms with van der Waals surface area (Å²) in [5, 5.41) is 5.46. The van der Waals surface area contributed by atoms with E-state index in [4.69, 9.17) is 4.98 Å². The van der Waals surface area contributed by atoms with E-state index in [9.17, 15) is 4.79 Å². The number of hydrogen-bond acceptors (Lipinski definition) is 4. The van der Waals surface area contributed by atoms with E-state index in [1.54, 1.807) is 0 Å². The molecule has 0 atom stereocenters. The van der Waals surface area contributed by atoms with E-state index in [-0.39, 0.29) is 5.91 Å². The zero-order chi connectivity index (χ0) is 22.4. The molecule has 1 aromatic carbocycles. The lowest BCUT2D eigenvalue weighted by molar-refractivity contribution is 0.0630. The zero-order valence-electron chi connectivity index (χ0n) is 19.6. The summed E-state index contributed by atoms with van der Waals surface area (Å²) in [6.07, 6.45) is 2.33. The Morgan fingerprint density at radius 2 is 1.78 bits per heavy atom. The van der Waals surface area contributed by atoms with E-state index in [1.807, 2.05) is 29.6 Å². The van der Waals surface area contributed by atoms with Gasteiger partial charge in [0, 0.05) is 51.4 Å². The van der Waals surface area contributed by atoms with Crippen LogP contribution >= 0.6 is 0 Å². The van der Waals surface area contributed by atoms with Gasteiger partial charge in [0.15, 0.2) is 5.65 Å². The van der Waals surface area contributed by atoms with Crippen molar-refractivity contribution in [3.63, 3.8) is 0 Å². The molecule has 1 aliphatic heterocycles. The van der Waals surface area contributed by atoms with Crippen molar-refractivity contribution in [2.75, 3.05) is 26.2 Å². The predicted molar refractivity (Wildman–Crippen MR) is 127 cm³/mol. The third-order valence-corrected chi connectivity index (χ3v) is 6.93. The normalized spacial score (nSPS) is 17.5. The summed E-state index contributed by atoms with van der Waals surface area (Å²) in [4.78, 5) is 22.9. The second-order valence-corrected chi connectivity index (χ2v) is 9.74. The van der Waals surface area contributed by atoms with Crippen LogP contribution in [0.1, 0.15) is 71.4 Å². The maximum Gasteiger partial charge on any atom is 0.254 e. The monoisotopic (exact) mass is 431 g/mol. The van der Waals surface area contributed by atoms with Gasteiger partial charge >= 0.3 is 0 Å². The number of aromatic nitrogens is 3. The first-order chi connectivity index (χ1) is 15.4. The van der Waals surface area contributed by atoms with E-state index in [0.717, 1.165) is 60.7 Å². The topological polar surface area (TPSA) is 54.3 Å². The molecule has 168 valence electrons. The quantitative estimate of drug-likeness (QED) is 0.607. The smallest absolute Gasteiger partial charge is 0.254 e. The summed E-state index contributed by atoms with van der Waals surface area (Å²) in [5.74, 6) is 1.18. The largest absolute Gasteiger partial charge is 0.336 e. The molecule has 6 nitrogen and oxygen atoms in total. The van der Waals surface area contributed by atoms with Crippen LogP contribution in [0.25, 0.3) is 11.0 Å². The molecule has 3 aromatic rings. The molecule has 1 aliphatic carbocycles. The maximum atomic E-state index is 13.6. The van der Waals surface area contributed by atoms with Crippen molar-refractivity contribution >= 4 is 16.9 Å². The molecule has 0 unspecified atom stereocenters. The molecule has 2 fully saturated rings. The Morgan fingerprint density at radius 3 is 2.41 bits per heavy atom. The van der Waals surface area contributed by atoms with Crippen LogP contribution < -0.4 is 0 Å². The lowest BCUT2D eigenvalue weighted by atomic mass is 10.0. The molecule has 0 bridgehead atoms. The second kappa shape index (κ2) is 8.32. The van der Waals surface area contributed by atoms with E-state index >= 15 is 0 Å². The lowest BCUT2D eigenvalue weighted by Crippen LogP contribution is -2.48. The Morgan fingerprint density at radius 1 is 1.09 bits per heavy atom. The van der Waals surface area contributed by atoms with Crippen LogP contribution in [0.5, 0.6) is 0 Å². The molecule has 0 spiro atoms. The molecule has 1 amide bonds. The highest BCUT2D eigenvalue weighted by Crippen LogP contribution is 2.40. The highest BCUT2D eigenvalue weighted by atomic mass is 16.2. The van der Waals surface area contributed by atoms with Crippen molar-refractivity contribution in [3.05, 3.63) is 58.4 Å². The number of fused-ring (bicyclic) bond motifs is 1. The molecular weight excluding hydrogens is 398 g/mol. The molecule has 1 saturated carbocycles. The second-order valence-electron chi connectivity index (χ2n) is 9.74. The van der Waals surface area contributed by atoms with Crippen molar-refractivity contribution in [2.45, 2.75) is 52.0 Å². The number of carbonyl (C=O) groups excluding carboxylic acids is 1. The molecule has 1 saturated heterocycles. The zero-order valence-corrected chi connectivity index (χ0v) is 19.6. The Hall–Kier alpha value is -2.73. The van der Waals surface area contributed by atoms with Crippen LogP contribution in [-0.2, 0) is 13.6 Å².